The number of urea groups is 1. The zero-order valence-electron chi connectivity index (χ0n) is 11.8. The molecule has 1 saturated heterocycles. The summed E-state index contributed by atoms with van der Waals surface area (Å²) in [5.41, 5.74) is 0. The minimum absolute atomic E-state index is 0.123. The van der Waals surface area contributed by atoms with Crippen LogP contribution in [0.1, 0.15) is 6.42 Å². The van der Waals surface area contributed by atoms with Crippen LogP contribution in [0.15, 0.2) is 0 Å². The van der Waals surface area contributed by atoms with Crippen molar-refractivity contribution < 1.29 is 19.4 Å². The van der Waals surface area contributed by atoms with Gasteiger partial charge in [0.25, 0.3) is 0 Å². The normalized spacial score (nSPS) is 17.4. The monoisotopic (exact) mass is 305 g/mol. The third-order valence-electron chi connectivity index (χ3n) is 3.04. The number of methoxy groups -OCH3 is 1. The van der Waals surface area contributed by atoms with Gasteiger partial charge in [-0.05, 0) is 0 Å². The Balaban J connectivity index is 2.08. The molecule has 7 nitrogen and oxygen atoms in total. The lowest BCUT2D eigenvalue weighted by molar-refractivity contribution is -0.139. The minimum atomic E-state index is -0.943. The highest BCUT2D eigenvalue weighted by molar-refractivity contribution is 7.99. The molecule has 0 spiro atoms. The lowest BCUT2D eigenvalue weighted by Gasteiger charge is -2.26. The SMILES string of the molecule is COC(CNC(=O)NCCN1CCSCC1)CC(=O)O. The lowest BCUT2D eigenvalue weighted by atomic mass is 10.2. The molecule has 0 saturated carbocycles. The highest BCUT2D eigenvalue weighted by Crippen LogP contribution is 2.07. The number of nitrogens with zero attached hydrogens (tertiary/aromatic N) is 1. The summed E-state index contributed by atoms with van der Waals surface area (Å²) in [6.45, 7) is 3.76. The number of thioether (sulfide) groups is 1. The lowest BCUT2D eigenvalue weighted by Crippen LogP contribution is -2.44. The molecule has 116 valence electrons. The number of nitrogens with one attached hydrogen (secondary N) is 2. The maximum Gasteiger partial charge on any atom is 0.314 e. The number of carboxylic acid groups (broad SMARTS) is 1. The Morgan fingerprint density at radius 3 is 2.65 bits per heavy atom. The van der Waals surface area contributed by atoms with E-state index in [0.717, 1.165) is 31.1 Å². The molecule has 3 N–H and O–H groups in total. The highest BCUT2D eigenvalue weighted by Gasteiger charge is 2.14. The number of carbonyl (C=O) groups is 2. The Morgan fingerprint density at radius 2 is 2.05 bits per heavy atom. The standard InChI is InChI=1S/C12H23N3O4S/c1-19-10(8-11(16)17)9-14-12(18)13-2-3-15-4-6-20-7-5-15/h10H,2-9H2,1H3,(H,16,17)(H2,13,14,18). The van der Waals surface area contributed by atoms with Crippen molar-refractivity contribution >= 4 is 23.8 Å². The van der Waals surface area contributed by atoms with Gasteiger partial charge in [-0.25, -0.2) is 4.79 Å². The van der Waals surface area contributed by atoms with Crippen molar-refractivity contribution in [3.05, 3.63) is 0 Å². The van der Waals surface area contributed by atoms with Crippen molar-refractivity contribution in [3.8, 4) is 0 Å². The summed E-state index contributed by atoms with van der Waals surface area (Å²) in [4.78, 5) is 24.4. The van der Waals surface area contributed by atoms with E-state index in [1.54, 1.807) is 0 Å². The molecule has 1 heterocycles. The Kier molecular flexibility index (Phi) is 8.40. The molecule has 0 aromatic heterocycles. The zero-order valence-corrected chi connectivity index (χ0v) is 12.6. The second kappa shape index (κ2) is 9.84. The number of amides is 2. The van der Waals surface area contributed by atoms with Gasteiger partial charge in [-0.3, -0.25) is 9.69 Å². The van der Waals surface area contributed by atoms with Gasteiger partial charge in [-0.1, -0.05) is 0 Å². The van der Waals surface area contributed by atoms with Crippen LogP contribution in [0.4, 0.5) is 4.79 Å². The summed E-state index contributed by atoms with van der Waals surface area (Å²) in [7, 11) is 1.43. The number of carboxylic acids is 1. The molecule has 1 aliphatic heterocycles. The van der Waals surface area contributed by atoms with E-state index in [9.17, 15) is 9.59 Å². The third-order valence-corrected chi connectivity index (χ3v) is 3.99. The van der Waals surface area contributed by atoms with E-state index in [-0.39, 0.29) is 19.0 Å². The van der Waals surface area contributed by atoms with E-state index in [4.69, 9.17) is 9.84 Å². The molecule has 20 heavy (non-hydrogen) atoms. The van der Waals surface area contributed by atoms with Crippen LogP contribution in [-0.2, 0) is 9.53 Å². The molecule has 1 rings (SSSR count). The van der Waals surface area contributed by atoms with Gasteiger partial charge in [0.15, 0.2) is 0 Å². The van der Waals surface area contributed by atoms with Crippen LogP contribution in [0.3, 0.4) is 0 Å². The van der Waals surface area contributed by atoms with Crippen LogP contribution in [0, 0.1) is 0 Å². The molecular formula is C12H23N3O4S. The predicted molar refractivity (Wildman–Crippen MR) is 78.2 cm³/mol. The summed E-state index contributed by atoms with van der Waals surface area (Å²) < 4.78 is 4.98. The van der Waals surface area contributed by atoms with E-state index in [0.29, 0.717) is 6.54 Å². The number of hydrogen-bond acceptors (Lipinski definition) is 5. The van der Waals surface area contributed by atoms with Gasteiger partial charge < -0.3 is 20.5 Å². The summed E-state index contributed by atoms with van der Waals surface area (Å²) in [5.74, 6) is 1.36. The number of ether oxygens (including phenoxy) is 1. The van der Waals surface area contributed by atoms with E-state index < -0.39 is 12.1 Å². The van der Waals surface area contributed by atoms with E-state index in [1.165, 1.54) is 7.11 Å². The van der Waals surface area contributed by atoms with Crippen molar-refractivity contribution in [2.75, 3.05) is 51.3 Å². The Bertz CT molecular complexity index is 311. The number of hydrogen-bond donors (Lipinski definition) is 3. The third kappa shape index (κ3) is 7.56. The number of carbonyl (C=O) groups excluding carboxylic acids is 1. The molecule has 1 fully saturated rings. The second-order valence-corrected chi connectivity index (χ2v) is 5.77. The predicted octanol–water partition coefficient (Wildman–Crippen LogP) is -0.176. The van der Waals surface area contributed by atoms with E-state index in [2.05, 4.69) is 15.5 Å². The average molecular weight is 305 g/mol. The fraction of sp³-hybridized carbons (Fsp3) is 0.833. The van der Waals surface area contributed by atoms with Gasteiger partial charge in [0.1, 0.15) is 0 Å². The molecule has 0 radical (unpaired) electrons. The smallest absolute Gasteiger partial charge is 0.314 e. The summed E-state index contributed by atoms with van der Waals surface area (Å²) in [6.07, 6.45) is -0.625. The quantitative estimate of drug-likeness (QED) is 0.576. The summed E-state index contributed by atoms with van der Waals surface area (Å²) in [5, 5.41) is 14.0. The first kappa shape index (κ1) is 17.1. The molecule has 0 aliphatic carbocycles. The number of aliphatic carboxylic acids is 1. The zero-order chi connectivity index (χ0) is 14.8. The van der Waals surface area contributed by atoms with Crippen molar-refractivity contribution in [2.45, 2.75) is 12.5 Å². The maximum atomic E-state index is 11.5. The molecule has 2 amide bonds. The second-order valence-electron chi connectivity index (χ2n) is 4.55. The van der Waals surface area contributed by atoms with Gasteiger partial charge in [0.05, 0.1) is 12.5 Å². The Morgan fingerprint density at radius 1 is 1.35 bits per heavy atom. The Labute approximate surface area is 123 Å². The molecule has 0 bridgehead atoms. The van der Waals surface area contributed by atoms with Crippen LogP contribution >= 0.6 is 11.8 Å². The summed E-state index contributed by atoms with van der Waals surface area (Å²) in [6, 6.07) is -0.288. The van der Waals surface area contributed by atoms with Crippen LogP contribution in [0.25, 0.3) is 0 Å². The first-order chi connectivity index (χ1) is 9.61. The van der Waals surface area contributed by atoms with Crippen molar-refractivity contribution in [3.63, 3.8) is 0 Å². The van der Waals surface area contributed by atoms with Crippen molar-refractivity contribution in [1.82, 2.24) is 15.5 Å². The van der Waals surface area contributed by atoms with E-state index in [1.807, 2.05) is 11.8 Å². The van der Waals surface area contributed by atoms with Crippen LogP contribution in [-0.4, -0.2) is 79.5 Å². The molecular weight excluding hydrogens is 282 g/mol. The summed E-state index contributed by atoms with van der Waals surface area (Å²) >= 11 is 1.95. The fourth-order valence-corrected chi connectivity index (χ4v) is 2.83. The highest BCUT2D eigenvalue weighted by atomic mass is 32.2. The van der Waals surface area contributed by atoms with Gasteiger partial charge >= 0.3 is 12.0 Å². The molecule has 1 atom stereocenters. The first-order valence-corrected chi connectivity index (χ1v) is 7.83. The molecule has 1 unspecified atom stereocenters. The molecule has 8 heteroatoms. The molecule has 0 aromatic carbocycles. The van der Waals surface area contributed by atoms with Crippen LogP contribution in [0.5, 0.6) is 0 Å². The van der Waals surface area contributed by atoms with Gasteiger partial charge in [0.2, 0.25) is 0 Å². The molecule has 1 aliphatic rings. The largest absolute Gasteiger partial charge is 0.481 e. The van der Waals surface area contributed by atoms with Gasteiger partial charge in [-0.15, -0.1) is 0 Å². The van der Waals surface area contributed by atoms with Crippen LogP contribution < -0.4 is 10.6 Å². The molecule has 0 aromatic rings. The van der Waals surface area contributed by atoms with Gasteiger partial charge in [-0.2, -0.15) is 11.8 Å². The van der Waals surface area contributed by atoms with Crippen molar-refractivity contribution in [1.29, 1.82) is 0 Å². The Hall–Kier alpha value is -0.990. The number of rotatable bonds is 8. The van der Waals surface area contributed by atoms with Crippen molar-refractivity contribution in [2.24, 2.45) is 0 Å². The average Bonchev–Trinajstić information content (AvgIpc) is 2.44. The minimum Gasteiger partial charge on any atom is -0.481 e. The first-order valence-electron chi connectivity index (χ1n) is 6.68. The van der Waals surface area contributed by atoms with Crippen LogP contribution in [0.2, 0.25) is 0 Å². The fourth-order valence-electron chi connectivity index (χ4n) is 1.85. The van der Waals surface area contributed by atoms with E-state index >= 15 is 0 Å². The van der Waals surface area contributed by atoms with Gasteiger partial charge in [0, 0.05) is 51.3 Å². The maximum absolute atomic E-state index is 11.5. The topological polar surface area (TPSA) is 90.9 Å².